The van der Waals surface area contributed by atoms with Crippen LogP contribution in [0.1, 0.15) is 49.3 Å². The van der Waals surface area contributed by atoms with E-state index in [0.717, 1.165) is 12.0 Å². The van der Waals surface area contributed by atoms with Crippen molar-refractivity contribution >= 4 is 23.5 Å². The van der Waals surface area contributed by atoms with Crippen molar-refractivity contribution in [1.82, 2.24) is 15.3 Å². The van der Waals surface area contributed by atoms with Crippen LogP contribution in [-0.4, -0.2) is 42.2 Å². The van der Waals surface area contributed by atoms with Crippen LogP contribution >= 0.6 is 11.6 Å². The first-order valence-corrected chi connectivity index (χ1v) is 9.92. The summed E-state index contributed by atoms with van der Waals surface area (Å²) in [6, 6.07) is 9.84. The first kappa shape index (κ1) is 20.6. The molecule has 0 radical (unpaired) electrons. The molecule has 6 nitrogen and oxygen atoms in total. The van der Waals surface area contributed by atoms with Crippen molar-refractivity contribution in [3.8, 4) is 0 Å². The number of carbonyl (C=O) groups excluding carboxylic acids is 1. The quantitative estimate of drug-likeness (QED) is 0.822. The highest BCUT2D eigenvalue weighted by Crippen LogP contribution is 2.30. The molecule has 1 fully saturated rings. The smallest absolute Gasteiger partial charge is 0.272 e. The molecule has 1 aliphatic heterocycles. The second-order valence-electron chi connectivity index (χ2n) is 8.17. The second kappa shape index (κ2) is 8.88. The number of morpholine rings is 1. The molecule has 1 atom stereocenters. The van der Waals surface area contributed by atoms with Crippen LogP contribution in [0.15, 0.2) is 36.5 Å². The van der Waals surface area contributed by atoms with E-state index in [1.807, 2.05) is 35.2 Å². The van der Waals surface area contributed by atoms with Gasteiger partial charge < -0.3 is 15.0 Å². The summed E-state index contributed by atoms with van der Waals surface area (Å²) in [5.41, 5.74) is 1.31. The second-order valence-corrected chi connectivity index (χ2v) is 8.57. The summed E-state index contributed by atoms with van der Waals surface area (Å²) in [4.78, 5) is 23.8. The van der Waals surface area contributed by atoms with Crippen molar-refractivity contribution in [1.29, 1.82) is 0 Å². The van der Waals surface area contributed by atoms with Crippen LogP contribution in [0.5, 0.6) is 0 Å². The molecular formula is C21H27ClN4O2. The van der Waals surface area contributed by atoms with Gasteiger partial charge in [0.2, 0.25) is 5.95 Å². The third-order valence-electron chi connectivity index (χ3n) is 4.56. The average Bonchev–Trinajstić information content (AvgIpc) is 2.68. The number of hydrogen-bond acceptors (Lipinski definition) is 5. The van der Waals surface area contributed by atoms with Gasteiger partial charge in [-0.25, -0.2) is 9.97 Å². The van der Waals surface area contributed by atoms with E-state index in [-0.39, 0.29) is 28.1 Å². The van der Waals surface area contributed by atoms with Crippen molar-refractivity contribution < 1.29 is 9.53 Å². The topological polar surface area (TPSA) is 67.4 Å². The van der Waals surface area contributed by atoms with E-state index in [9.17, 15) is 4.79 Å². The summed E-state index contributed by atoms with van der Waals surface area (Å²) in [5, 5.41) is 3.37. The fourth-order valence-corrected chi connectivity index (χ4v) is 3.39. The van der Waals surface area contributed by atoms with Crippen LogP contribution in [-0.2, 0) is 4.74 Å². The maximum atomic E-state index is 13.0. The normalized spacial score (nSPS) is 15.9. The molecule has 0 bridgehead atoms. The first-order valence-electron chi connectivity index (χ1n) is 9.54. The van der Waals surface area contributed by atoms with E-state index in [1.165, 1.54) is 6.20 Å². The molecule has 7 heteroatoms. The lowest BCUT2D eigenvalue weighted by Gasteiger charge is -2.28. The van der Waals surface area contributed by atoms with Gasteiger partial charge in [0.1, 0.15) is 0 Å². The number of ether oxygens (including phenoxy) is 1. The van der Waals surface area contributed by atoms with Crippen molar-refractivity contribution in [3.05, 3.63) is 52.8 Å². The predicted molar refractivity (Wildman–Crippen MR) is 111 cm³/mol. The van der Waals surface area contributed by atoms with Crippen LogP contribution in [0.3, 0.4) is 0 Å². The Balaban J connectivity index is 1.83. The number of carbonyl (C=O) groups is 1. The number of anilines is 1. The highest BCUT2D eigenvalue weighted by molar-refractivity contribution is 6.33. The average molecular weight is 403 g/mol. The van der Waals surface area contributed by atoms with E-state index in [1.54, 1.807) is 0 Å². The van der Waals surface area contributed by atoms with Gasteiger partial charge in [0.05, 0.1) is 30.5 Å². The summed E-state index contributed by atoms with van der Waals surface area (Å²) in [5.74, 6) is 0.213. The number of nitrogens with one attached hydrogen (secondary N) is 1. The van der Waals surface area contributed by atoms with Gasteiger partial charge in [-0.15, -0.1) is 0 Å². The Labute approximate surface area is 171 Å². The van der Waals surface area contributed by atoms with Crippen molar-refractivity contribution in [2.45, 2.75) is 33.2 Å². The zero-order chi connectivity index (χ0) is 20.1. The summed E-state index contributed by atoms with van der Waals surface area (Å²) < 4.78 is 5.37. The number of benzene rings is 1. The number of nitrogens with zero attached hydrogens (tertiary/aromatic N) is 3. The fraction of sp³-hybridized carbons (Fsp3) is 0.476. The minimum absolute atomic E-state index is 0.0439. The number of amides is 1. The van der Waals surface area contributed by atoms with Crippen LogP contribution in [0.2, 0.25) is 5.02 Å². The fourth-order valence-electron chi connectivity index (χ4n) is 3.21. The molecule has 1 aliphatic rings. The molecule has 0 aliphatic carbocycles. The van der Waals surface area contributed by atoms with Gasteiger partial charge in [0, 0.05) is 13.1 Å². The van der Waals surface area contributed by atoms with E-state index in [4.69, 9.17) is 16.3 Å². The molecule has 150 valence electrons. The molecule has 3 rings (SSSR count). The van der Waals surface area contributed by atoms with Crippen molar-refractivity contribution in [2.75, 3.05) is 31.2 Å². The van der Waals surface area contributed by atoms with E-state index >= 15 is 0 Å². The monoisotopic (exact) mass is 402 g/mol. The molecule has 0 saturated carbocycles. The van der Waals surface area contributed by atoms with Gasteiger partial charge in [0.25, 0.3) is 5.91 Å². The van der Waals surface area contributed by atoms with Crippen LogP contribution in [0.4, 0.5) is 5.95 Å². The van der Waals surface area contributed by atoms with Crippen molar-refractivity contribution in [3.63, 3.8) is 0 Å². The molecule has 2 heterocycles. The van der Waals surface area contributed by atoms with Crippen LogP contribution in [0.25, 0.3) is 0 Å². The molecule has 0 unspecified atom stereocenters. The number of rotatable bonds is 5. The molecule has 1 aromatic heterocycles. The van der Waals surface area contributed by atoms with Crippen molar-refractivity contribution in [2.24, 2.45) is 5.41 Å². The van der Waals surface area contributed by atoms with Gasteiger partial charge in [0.15, 0.2) is 5.69 Å². The van der Waals surface area contributed by atoms with Gasteiger partial charge in [-0.1, -0.05) is 62.7 Å². The highest BCUT2D eigenvalue weighted by atomic mass is 35.5. The molecule has 1 aromatic carbocycles. The Morgan fingerprint density at radius 3 is 2.57 bits per heavy atom. The molecule has 28 heavy (non-hydrogen) atoms. The third kappa shape index (κ3) is 5.42. The third-order valence-corrected chi connectivity index (χ3v) is 4.84. The summed E-state index contributed by atoms with van der Waals surface area (Å²) in [6.07, 6.45) is 2.29. The maximum Gasteiger partial charge on any atom is 0.272 e. The Kier molecular flexibility index (Phi) is 6.52. The molecule has 1 saturated heterocycles. The minimum atomic E-state index is -0.292. The Bertz CT molecular complexity index is 802. The predicted octanol–water partition coefficient (Wildman–Crippen LogP) is 3.87. The molecule has 1 N–H and O–H groups in total. The van der Waals surface area contributed by atoms with Gasteiger partial charge >= 0.3 is 0 Å². The summed E-state index contributed by atoms with van der Waals surface area (Å²) in [7, 11) is 0. The molecule has 2 aromatic rings. The molecule has 0 spiro atoms. The summed E-state index contributed by atoms with van der Waals surface area (Å²) >= 11 is 6.26. The van der Waals surface area contributed by atoms with E-state index < -0.39 is 0 Å². The largest absolute Gasteiger partial charge is 0.378 e. The molecule has 1 amide bonds. The maximum absolute atomic E-state index is 13.0. The Morgan fingerprint density at radius 1 is 1.25 bits per heavy atom. The number of hydrogen-bond donors (Lipinski definition) is 1. The lowest BCUT2D eigenvalue weighted by Crippen LogP contribution is -2.38. The highest BCUT2D eigenvalue weighted by Gasteiger charge is 2.25. The standard InChI is InChI=1S/C21H27ClN4O2/c1-21(2,3)13-17(15-7-5-4-6-8-15)24-19(27)18-16(22)14-23-20(25-18)26-9-11-28-12-10-26/h4-8,14,17H,9-13H2,1-3H3,(H,24,27)/t17-/m1/s1. The Morgan fingerprint density at radius 2 is 1.93 bits per heavy atom. The molecular weight excluding hydrogens is 376 g/mol. The minimum Gasteiger partial charge on any atom is -0.378 e. The summed E-state index contributed by atoms with van der Waals surface area (Å²) in [6.45, 7) is 9.10. The number of aromatic nitrogens is 2. The zero-order valence-corrected chi connectivity index (χ0v) is 17.4. The van der Waals surface area contributed by atoms with Crippen LogP contribution in [0, 0.1) is 5.41 Å². The van der Waals surface area contributed by atoms with E-state index in [2.05, 4.69) is 36.1 Å². The lowest BCUT2D eigenvalue weighted by atomic mass is 9.85. The van der Waals surface area contributed by atoms with Gasteiger partial charge in [-0.05, 0) is 17.4 Å². The van der Waals surface area contributed by atoms with Gasteiger partial charge in [-0.3, -0.25) is 4.79 Å². The first-order chi connectivity index (χ1) is 13.3. The lowest BCUT2D eigenvalue weighted by molar-refractivity contribution is 0.0921. The SMILES string of the molecule is CC(C)(C)C[C@@H](NC(=O)c1nc(N2CCOCC2)ncc1Cl)c1ccccc1. The van der Waals surface area contributed by atoms with Gasteiger partial charge in [-0.2, -0.15) is 0 Å². The Hall–Kier alpha value is -2.18. The zero-order valence-electron chi connectivity index (χ0n) is 16.6. The van der Waals surface area contributed by atoms with E-state index in [0.29, 0.717) is 32.3 Å². The van der Waals surface area contributed by atoms with Crippen LogP contribution < -0.4 is 10.2 Å². The number of halogens is 1.